The lowest BCUT2D eigenvalue weighted by molar-refractivity contribution is -0.136. The van der Waals surface area contributed by atoms with Gasteiger partial charge >= 0.3 is 5.97 Å². The molecule has 7 heteroatoms. The van der Waals surface area contributed by atoms with Crippen LogP contribution in [0.2, 0.25) is 0 Å². The lowest BCUT2D eigenvalue weighted by Crippen LogP contribution is -2.36. The fraction of sp³-hybridized carbons (Fsp3) is 0.222. The van der Waals surface area contributed by atoms with Crippen molar-refractivity contribution in [2.24, 2.45) is 11.0 Å². The normalized spacial score (nSPS) is 22.0. The van der Waals surface area contributed by atoms with E-state index in [-0.39, 0.29) is 12.3 Å². The van der Waals surface area contributed by atoms with Gasteiger partial charge in [-0.15, -0.1) is 0 Å². The van der Waals surface area contributed by atoms with E-state index < -0.39 is 29.7 Å². The average Bonchev–Trinajstić information content (AvgIpc) is 3.16. The summed E-state index contributed by atoms with van der Waals surface area (Å²) in [4.78, 5) is 38.9. The van der Waals surface area contributed by atoms with Crippen LogP contribution in [0.15, 0.2) is 47.6 Å². The van der Waals surface area contributed by atoms with Crippen LogP contribution < -0.4 is 10.3 Å². The maximum atomic E-state index is 12.9. The highest BCUT2D eigenvalue weighted by Crippen LogP contribution is 2.34. The number of imide groups is 1. The minimum Gasteiger partial charge on any atom is -0.461 e. The number of benzene rings is 2. The summed E-state index contributed by atoms with van der Waals surface area (Å²) in [6, 6.07) is 12.1. The lowest BCUT2D eigenvalue weighted by Gasteiger charge is -2.18. The Labute approximate surface area is 143 Å². The molecular weight excluding hydrogens is 322 g/mol. The summed E-state index contributed by atoms with van der Waals surface area (Å²) < 4.78 is 4.94. The van der Waals surface area contributed by atoms with Gasteiger partial charge in [-0.25, -0.2) is 9.69 Å². The molecule has 7 nitrogen and oxygen atoms in total. The van der Waals surface area contributed by atoms with E-state index in [2.05, 4.69) is 10.5 Å². The first-order valence-corrected chi connectivity index (χ1v) is 7.99. The first-order chi connectivity index (χ1) is 12.1. The predicted molar refractivity (Wildman–Crippen MR) is 90.9 cm³/mol. The van der Waals surface area contributed by atoms with Crippen molar-refractivity contribution in [1.82, 2.24) is 5.43 Å². The number of amides is 2. The Morgan fingerprint density at radius 2 is 1.92 bits per heavy atom. The average molecular weight is 337 g/mol. The topological polar surface area (TPSA) is 88.1 Å². The molecule has 0 saturated carbocycles. The zero-order valence-electron chi connectivity index (χ0n) is 13.4. The number of carbonyl (C=O) groups is 3. The van der Waals surface area contributed by atoms with Gasteiger partial charge in [-0.2, -0.15) is 5.10 Å². The molecule has 2 amide bonds. The molecule has 1 saturated heterocycles. The van der Waals surface area contributed by atoms with Crippen molar-refractivity contribution in [3.63, 3.8) is 0 Å². The number of nitrogens with one attached hydrogen (secondary N) is 1. The molecule has 126 valence electrons. The zero-order chi connectivity index (χ0) is 17.6. The van der Waals surface area contributed by atoms with Crippen LogP contribution in [0.25, 0.3) is 10.8 Å². The Hall–Kier alpha value is -3.22. The second kappa shape index (κ2) is 5.70. The van der Waals surface area contributed by atoms with Crippen LogP contribution in [-0.4, -0.2) is 36.1 Å². The first-order valence-electron chi connectivity index (χ1n) is 7.99. The number of hydrogen-bond acceptors (Lipinski definition) is 6. The predicted octanol–water partition coefficient (Wildman–Crippen LogP) is 1.22. The standard InChI is InChI=1S/C18H15N3O4/c1-2-25-18(24)15-13-14(19-20-15)17(23)21(16(13)22)12-9-5-7-10-6-3-4-8-11(10)12/h3-9,13-14,19H,2H2,1H3/t13-,14-/m1/s1. The number of fused-ring (bicyclic) bond motifs is 2. The molecule has 1 N–H and O–H groups in total. The quantitative estimate of drug-likeness (QED) is 0.672. The number of esters is 1. The van der Waals surface area contributed by atoms with Gasteiger partial charge in [0.1, 0.15) is 12.0 Å². The highest BCUT2D eigenvalue weighted by Gasteiger charge is 2.55. The van der Waals surface area contributed by atoms with Crippen molar-refractivity contribution in [2.75, 3.05) is 11.5 Å². The summed E-state index contributed by atoms with van der Waals surface area (Å²) >= 11 is 0. The monoisotopic (exact) mass is 337 g/mol. The van der Waals surface area contributed by atoms with Gasteiger partial charge in [0.05, 0.1) is 12.3 Å². The van der Waals surface area contributed by atoms with Gasteiger partial charge in [-0.1, -0.05) is 36.4 Å². The number of hydrazone groups is 1. The smallest absolute Gasteiger partial charge is 0.355 e. The second-order valence-electron chi connectivity index (χ2n) is 5.81. The van der Waals surface area contributed by atoms with Gasteiger partial charge in [-0.3, -0.25) is 15.0 Å². The number of anilines is 1. The molecule has 2 aliphatic rings. The van der Waals surface area contributed by atoms with Crippen molar-refractivity contribution >= 4 is 40.0 Å². The molecule has 2 aromatic carbocycles. The van der Waals surface area contributed by atoms with Gasteiger partial charge in [0.25, 0.3) is 5.91 Å². The first kappa shape index (κ1) is 15.3. The second-order valence-corrected chi connectivity index (χ2v) is 5.81. The fourth-order valence-electron chi connectivity index (χ4n) is 3.30. The Balaban J connectivity index is 1.76. The van der Waals surface area contributed by atoms with Crippen LogP contribution in [0.1, 0.15) is 6.92 Å². The van der Waals surface area contributed by atoms with E-state index in [0.717, 1.165) is 15.7 Å². The Morgan fingerprint density at radius 1 is 1.16 bits per heavy atom. The number of hydrogen-bond donors (Lipinski definition) is 1. The highest BCUT2D eigenvalue weighted by atomic mass is 16.5. The van der Waals surface area contributed by atoms with Crippen LogP contribution in [-0.2, 0) is 19.1 Å². The van der Waals surface area contributed by atoms with Crippen molar-refractivity contribution < 1.29 is 19.1 Å². The van der Waals surface area contributed by atoms with Crippen molar-refractivity contribution in [1.29, 1.82) is 0 Å². The summed E-state index contributed by atoms with van der Waals surface area (Å²) in [5.74, 6) is -2.52. The molecule has 25 heavy (non-hydrogen) atoms. The maximum Gasteiger partial charge on any atom is 0.355 e. The molecule has 0 radical (unpaired) electrons. The summed E-state index contributed by atoms with van der Waals surface area (Å²) in [7, 11) is 0. The van der Waals surface area contributed by atoms with E-state index in [1.807, 2.05) is 30.3 Å². The molecule has 2 aromatic rings. The third-order valence-corrected chi connectivity index (χ3v) is 4.42. The summed E-state index contributed by atoms with van der Waals surface area (Å²) in [5.41, 5.74) is 3.07. The van der Waals surface area contributed by atoms with Gasteiger partial charge in [0.2, 0.25) is 5.91 Å². The maximum absolute atomic E-state index is 12.9. The van der Waals surface area contributed by atoms with Crippen molar-refractivity contribution in [3.8, 4) is 0 Å². The minimum atomic E-state index is -0.953. The van der Waals surface area contributed by atoms with E-state index in [1.54, 1.807) is 19.1 Å². The summed E-state index contributed by atoms with van der Waals surface area (Å²) in [5, 5.41) is 5.57. The molecule has 0 bridgehead atoms. The van der Waals surface area contributed by atoms with Gasteiger partial charge in [0, 0.05) is 5.39 Å². The third-order valence-electron chi connectivity index (χ3n) is 4.42. The number of ether oxygens (including phenoxy) is 1. The summed E-state index contributed by atoms with van der Waals surface area (Å²) in [6.45, 7) is 1.84. The van der Waals surface area contributed by atoms with Gasteiger partial charge in [0.15, 0.2) is 5.71 Å². The molecule has 2 atom stereocenters. The van der Waals surface area contributed by atoms with Gasteiger partial charge < -0.3 is 4.74 Å². The zero-order valence-corrected chi connectivity index (χ0v) is 13.4. The van der Waals surface area contributed by atoms with Crippen LogP contribution >= 0.6 is 0 Å². The van der Waals surface area contributed by atoms with E-state index in [9.17, 15) is 14.4 Å². The van der Waals surface area contributed by atoms with Crippen LogP contribution in [0.3, 0.4) is 0 Å². The van der Waals surface area contributed by atoms with E-state index in [0.29, 0.717) is 5.69 Å². The van der Waals surface area contributed by atoms with Crippen molar-refractivity contribution in [2.45, 2.75) is 13.0 Å². The SMILES string of the molecule is CCOC(=O)C1=NN[C@H]2C(=O)N(c3cccc4ccccc34)C(=O)[C@@H]12. The number of nitrogens with zero attached hydrogens (tertiary/aromatic N) is 2. The molecule has 0 aromatic heterocycles. The van der Waals surface area contributed by atoms with Crippen LogP contribution in [0, 0.1) is 5.92 Å². The molecule has 2 heterocycles. The molecule has 0 unspecified atom stereocenters. The van der Waals surface area contributed by atoms with Crippen molar-refractivity contribution in [3.05, 3.63) is 42.5 Å². The Morgan fingerprint density at radius 3 is 2.72 bits per heavy atom. The Bertz CT molecular complexity index is 932. The lowest BCUT2D eigenvalue weighted by atomic mass is 9.99. The molecule has 2 aliphatic heterocycles. The van der Waals surface area contributed by atoms with Crippen LogP contribution in [0.4, 0.5) is 5.69 Å². The molecule has 4 rings (SSSR count). The molecule has 0 aliphatic carbocycles. The molecule has 1 fully saturated rings. The van der Waals surface area contributed by atoms with E-state index >= 15 is 0 Å². The highest BCUT2D eigenvalue weighted by molar-refractivity contribution is 6.47. The fourth-order valence-corrected chi connectivity index (χ4v) is 3.30. The Kier molecular flexibility index (Phi) is 3.49. The minimum absolute atomic E-state index is 0.0482. The number of carbonyl (C=O) groups excluding carboxylic acids is 3. The van der Waals surface area contributed by atoms with Gasteiger partial charge in [-0.05, 0) is 18.4 Å². The van der Waals surface area contributed by atoms with E-state index in [1.165, 1.54) is 0 Å². The molecular formula is C18H15N3O4. The van der Waals surface area contributed by atoms with E-state index in [4.69, 9.17) is 4.74 Å². The molecule has 0 spiro atoms. The number of rotatable bonds is 3. The van der Waals surface area contributed by atoms with Crippen LogP contribution in [0.5, 0.6) is 0 Å². The largest absolute Gasteiger partial charge is 0.461 e. The third kappa shape index (κ3) is 2.20. The summed E-state index contributed by atoms with van der Waals surface area (Å²) in [6.07, 6.45) is 0.